The first kappa shape index (κ1) is 10.9. The third-order valence-corrected chi connectivity index (χ3v) is 2.48. The van der Waals surface area contributed by atoms with E-state index < -0.39 is 5.54 Å². The monoisotopic (exact) mass is 217 g/mol. The fourth-order valence-electron chi connectivity index (χ4n) is 1.59. The topological polar surface area (TPSA) is 56.2 Å². The van der Waals surface area contributed by atoms with Crippen molar-refractivity contribution in [2.45, 2.75) is 26.3 Å². The van der Waals surface area contributed by atoms with Gasteiger partial charge in [-0.15, -0.1) is 0 Å². The minimum atomic E-state index is -0.900. The molecule has 1 aromatic carbocycles. The first-order chi connectivity index (χ1) is 7.38. The van der Waals surface area contributed by atoms with Gasteiger partial charge in [0.1, 0.15) is 5.58 Å². The SMILES string of the molecule is Cc1ccc2oc(C(=O)C(C)(C)N)cc2c1. The fourth-order valence-corrected chi connectivity index (χ4v) is 1.59. The van der Waals surface area contributed by atoms with Gasteiger partial charge in [0.05, 0.1) is 5.54 Å². The molecule has 0 aliphatic carbocycles. The van der Waals surface area contributed by atoms with Crippen LogP contribution in [-0.4, -0.2) is 11.3 Å². The van der Waals surface area contributed by atoms with Crippen LogP contribution < -0.4 is 5.73 Å². The summed E-state index contributed by atoms with van der Waals surface area (Å²) in [5.41, 5.74) is 6.71. The second-order valence-corrected chi connectivity index (χ2v) is 4.70. The molecule has 0 atom stereocenters. The van der Waals surface area contributed by atoms with E-state index in [9.17, 15) is 4.79 Å². The standard InChI is InChI=1S/C13H15NO2/c1-8-4-5-10-9(6-8)7-11(16-10)12(15)13(2,3)14/h4-7H,14H2,1-3H3. The van der Waals surface area contributed by atoms with Crippen LogP contribution in [0.5, 0.6) is 0 Å². The van der Waals surface area contributed by atoms with Gasteiger partial charge in [0, 0.05) is 5.39 Å². The lowest BCUT2D eigenvalue weighted by molar-refractivity contribution is 0.0887. The van der Waals surface area contributed by atoms with Crippen molar-refractivity contribution >= 4 is 16.8 Å². The predicted octanol–water partition coefficient (Wildman–Crippen LogP) is 2.66. The molecular weight excluding hydrogens is 202 g/mol. The lowest BCUT2D eigenvalue weighted by atomic mass is 9.99. The summed E-state index contributed by atoms with van der Waals surface area (Å²) in [5.74, 6) is 0.148. The van der Waals surface area contributed by atoms with Crippen molar-refractivity contribution in [1.82, 2.24) is 0 Å². The van der Waals surface area contributed by atoms with Gasteiger partial charge in [0.15, 0.2) is 5.76 Å². The van der Waals surface area contributed by atoms with E-state index in [4.69, 9.17) is 10.2 Å². The molecule has 0 saturated carbocycles. The number of hydrogen-bond donors (Lipinski definition) is 1. The molecule has 3 heteroatoms. The number of fused-ring (bicyclic) bond motifs is 1. The molecular formula is C13H15NO2. The number of carbonyl (C=O) groups is 1. The maximum atomic E-state index is 11.9. The maximum Gasteiger partial charge on any atom is 0.217 e. The molecule has 1 aromatic heterocycles. The van der Waals surface area contributed by atoms with Gasteiger partial charge in [-0.25, -0.2) is 0 Å². The molecule has 0 saturated heterocycles. The molecule has 0 aliphatic heterocycles. The van der Waals surface area contributed by atoms with Crippen LogP contribution in [0, 0.1) is 6.92 Å². The molecule has 1 heterocycles. The van der Waals surface area contributed by atoms with Crippen LogP contribution >= 0.6 is 0 Å². The summed E-state index contributed by atoms with van der Waals surface area (Å²) < 4.78 is 5.48. The number of nitrogens with two attached hydrogens (primary N) is 1. The zero-order valence-electron chi connectivity index (χ0n) is 9.70. The van der Waals surface area contributed by atoms with Gasteiger partial charge in [-0.3, -0.25) is 4.79 Å². The van der Waals surface area contributed by atoms with Crippen LogP contribution in [0.1, 0.15) is 30.0 Å². The highest BCUT2D eigenvalue weighted by Crippen LogP contribution is 2.22. The zero-order chi connectivity index (χ0) is 11.9. The summed E-state index contributed by atoms with van der Waals surface area (Å²) >= 11 is 0. The number of rotatable bonds is 2. The highest BCUT2D eigenvalue weighted by Gasteiger charge is 2.26. The molecule has 84 valence electrons. The van der Waals surface area contributed by atoms with E-state index in [2.05, 4.69) is 0 Å². The Morgan fingerprint density at radius 1 is 1.31 bits per heavy atom. The number of ketones is 1. The number of aryl methyl sites for hydroxylation is 1. The molecule has 0 spiro atoms. The van der Waals surface area contributed by atoms with Crippen molar-refractivity contribution in [3.8, 4) is 0 Å². The second kappa shape index (κ2) is 3.46. The number of Topliss-reactive ketones (excluding diaryl/α,β-unsaturated/α-hetero) is 1. The third-order valence-electron chi connectivity index (χ3n) is 2.48. The second-order valence-electron chi connectivity index (χ2n) is 4.70. The summed E-state index contributed by atoms with van der Waals surface area (Å²) in [4.78, 5) is 11.9. The fraction of sp³-hybridized carbons (Fsp3) is 0.308. The van der Waals surface area contributed by atoms with Crippen LogP contribution in [-0.2, 0) is 0 Å². The van der Waals surface area contributed by atoms with Crippen molar-refractivity contribution in [2.24, 2.45) is 5.73 Å². The van der Waals surface area contributed by atoms with Gasteiger partial charge in [-0.1, -0.05) is 11.6 Å². The molecule has 0 aliphatic rings. The summed E-state index contributed by atoms with van der Waals surface area (Å²) in [6.07, 6.45) is 0. The van der Waals surface area contributed by atoms with Gasteiger partial charge in [0.2, 0.25) is 5.78 Å². The number of benzene rings is 1. The Kier molecular flexibility index (Phi) is 2.35. The van der Waals surface area contributed by atoms with Gasteiger partial charge >= 0.3 is 0 Å². The van der Waals surface area contributed by atoms with Crippen molar-refractivity contribution < 1.29 is 9.21 Å². The number of furan rings is 1. The Morgan fingerprint density at radius 2 is 2.00 bits per heavy atom. The Hall–Kier alpha value is -1.61. The van der Waals surface area contributed by atoms with Crippen molar-refractivity contribution in [3.05, 3.63) is 35.6 Å². The van der Waals surface area contributed by atoms with E-state index >= 15 is 0 Å². The Bertz CT molecular complexity index is 547. The van der Waals surface area contributed by atoms with Crippen LogP contribution in [0.2, 0.25) is 0 Å². The summed E-state index contributed by atoms with van der Waals surface area (Å²) in [5, 5.41) is 0.938. The van der Waals surface area contributed by atoms with E-state index in [0.717, 1.165) is 16.5 Å². The highest BCUT2D eigenvalue weighted by molar-refractivity contribution is 6.03. The molecule has 0 radical (unpaired) electrons. The highest BCUT2D eigenvalue weighted by atomic mass is 16.3. The van der Waals surface area contributed by atoms with E-state index in [-0.39, 0.29) is 5.78 Å². The summed E-state index contributed by atoms with van der Waals surface area (Å²) in [6.45, 7) is 5.35. The minimum Gasteiger partial charge on any atom is -0.453 e. The van der Waals surface area contributed by atoms with Crippen LogP contribution in [0.3, 0.4) is 0 Å². The Balaban J connectivity index is 2.52. The Labute approximate surface area is 94.2 Å². The molecule has 2 rings (SSSR count). The quantitative estimate of drug-likeness (QED) is 0.787. The molecule has 0 unspecified atom stereocenters. The van der Waals surface area contributed by atoms with E-state index in [1.54, 1.807) is 19.9 Å². The average Bonchev–Trinajstić information content (AvgIpc) is 2.57. The minimum absolute atomic E-state index is 0.179. The molecule has 3 nitrogen and oxygen atoms in total. The van der Waals surface area contributed by atoms with Gasteiger partial charge in [-0.05, 0) is 39.0 Å². The zero-order valence-corrected chi connectivity index (χ0v) is 9.70. The number of carbonyl (C=O) groups excluding carboxylic acids is 1. The number of hydrogen-bond acceptors (Lipinski definition) is 3. The van der Waals surface area contributed by atoms with E-state index in [1.807, 2.05) is 25.1 Å². The Morgan fingerprint density at radius 3 is 2.62 bits per heavy atom. The van der Waals surface area contributed by atoms with Gasteiger partial charge in [0.25, 0.3) is 0 Å². The predicted molar refractivity (Wildman–Crippen MR) is 63.5 cm³/mol. The summed E-state index contributed by atoms with van der Waals surface area (Å²) in [6, 6.07) is 7.55. The molecule has 16 heavy (non-hydrogen) atoms. The first-order valence-corrected chi connectivity index (χ1v) is 5.22. The largest absolute Gasteiger partial charge is 0.453 e. The van der Waals surface area contributed by atoms with Crippen molar-refractivity contribution in [3.63, 3.8) is 0 Å². The van der Waals surface area contributed by atoms with Gasteiger partial charge in [-0.2, -0.15) is 0 Å². The van der Waals surface area contributed by atoms with Crippen LogP contribution in [0.15, 0.2) is 28.7 Å². The molecule has 0 amide bonds. The summed E-state index contributed by atoms with van der Waals surface area (Å²) in [7, 11) is 0. The maximum absolute atomic E-state index is 11.9. The van der Waals surface area contributed by atoms with E-state index in [1.165, 1.54) is 0 Å². The van der Waals surface area contributed by atoms with Gasteiger partial charge < -0.3 is 10.2 Å². The lowest BCUT2D eigenvalue weighted by Crippen LogP contribution is -2.41. The molecule has 2 aromatic rings. The smallest absolute Gasteiger partial charge is 0.217 e. The van der Waals surface area contributed by atoms with Crippen molar-refractivity contribution in [1.29, 1.82) is 0 Å². The normalized spacial score (nSPS) is 12.0. The third kappa shape index (κ3) is 1.86. The van der Waals surface area contributed by atoms with Crippen LogP contribution in [0.25, 0.3) is 11.0 Å². The lowest BCUT2D eigenvalue weighted by Gasteiger charge is -2.13. The van der Waals surface area contributed by atoms with Crippen LogP contribution in [0.4, 0.5) is 0 Å². The molecule has 2 N–H and O–H groups in total. The van der Waals surface area contributed by atoms with E-state index in [0.29, 0.717) is 5.76 Å². The van der Waals surface area contributed by atoms with Crippen molar-refractivity contribution in [2.75, 3.05) is 0 Å². The first-order valence-electron chi connectivity index (χ1n) is 5.22. The molecule has 0 bridgehead atoms. The molecule has 0 fully saturated rings. The average molecular weight is 217 g/mol.